The molecule has 2 aromatic carbocycles. The Morgan fingerprint density at radius 1 is 1.09 bits per heavy atom. The number of nitrogens with one attached hydrogen (secondary N) is 1. The molecule has 34 heavy (non-hydrogen) atoms. The molecule has 0 aliphatic carbocycles. The van der Waals surface area contributed by atoms with Crippen molar-refractivity contribution in [1.29, 1.82) is 0 Å². The second kappa shape index (κ2) is 8.41. The lowest BCUT2D eigenvalue weighted by Crippen LogP contribution is -2.36. The highest BCUT2D eigenvalue weighted by Crippen LogP contribution is 2.33. The summed E-state index contributed by atoms with van der Waals surface area (Å²) in [5.74, 6) is 0.0714. The molecular formula is C24H22ClN3O4S2. The van der Waals surface area contributed by atoms with E-state index >= 15 is 0 Å². The predicted molar refractivity (Wildman–Crippen MR) is 136 cm³/mol. The van der Waals surface area contributed by atoms with Gasteiger partial charge in [-0.05, 0) is 59.5 Å². The number of fused-ring (bicyclic) bond motifs is 2. The van der Waals surface area contributed by atoms with Crippen LogP contribution in [0.4, 0.5) is 5.69 Å². The SMILES string of the molecule is CC(C)c1csc2[nH]c(=O)n(-c3cc(S(=O)(=O)N4CCCc5ccccc54)ccc3Cl)c(=O)c12. The molecule has 5 rings (SSSR count). The van der Waals surface area contributed by atoms with Crippen LogP contribution in [0, 0.1) is 0 Å². The molecule has 10 heteroatoms. The van der Waals surface area contributed by atoms with Crippen LogP contribution >= 0.6 is 22.9 Å². The van der Waals surface area contributed by atoms with Crippen LogP contribution in [-0.4, -0.2) is 24.5 Å². The van der Waals surface area contributed by atoms with Gasteiger partial charge in [-0.25, -0.2) is 17.8 Å². The number of thiophene rings is 1. The van der Waals surface area contributed by atoms with Crippen molar-refractivity contribution in [3.8, 4) is 5.69 Å². The Morgan fingerprint density at radius 3 is 2.62 bits per heavy atom. The molecule has 0 radical (unpaired) electrons. The van der Waals surface area contributed by atoms with Crippen molar-refractivity contribution in [2.75, 3.05) is 10.8 Å². The lowest BCUT2D eigenvalue weighted by Gasteiger charge is -2.30. The van der Waals surface area contributed by atoms with Gasteiger partial charge in [0.1, 0.15) is 4.83 Å². The number of H-pyrrole nitrogens is 1. The Hall–Kier alpha value is -2.88. The molecule has 0 spiro atoms. The number of hydrogen-bond acceptors (Lipinski definition) is 5. The van der Waals surface area contributed by atoms with Crippen LogP contribution in [0.2, 0.25) is 5.02 Å². The average molecular weight is 516 g/mol. The molecule has 0 amide bonds. The van der Waals surface area contributed by atoms with Crippen LogP contribution in [-0.2, 0) is 16.4 Å². The largest absolute Gasteiger partial charge is 0.334 e. The molecule has 4 aromatic rings. The summed E-state index contributed by atoms with van der Waals surface area (Å²) in [6.07, 6.45) is 1.50. The fourth-order valence-corrected chi connectivity index (χ4v) is 7.25. The third-order valence-electron chi connectivity index (χ3n) is 6.10. The molecule has 0 saturated carbocycles. The van der Waals surface area contributed by atoms with E-state index in [0.717, 1.165) is 22.1 Å². The highest BCUT2D eigenvalue weighted by atomic mass is 35.5. The Balaban J connectivity index is 1.70. The van der Waals surface area contributed by atoms with Crippen molar-refractivity contribution in [3.63, 3.8) is 0 Å². The molecule has 1 aliphatic heterocycles. The van der Waals surface area contributed by atoms with Gasteiger partial charge in [0.15, 0.2) is 0 Å². The maximum Gasteiger partial charge on any atom is 0.334 e. The summed E-state index contributed by atoms with van der Waals surface area (Å²) in [5.41, 5.74) is 1.25. The van der Waals surface area contributed by atoms with Crippen molar-refractivity contribution in [1.82, 2.24) is 9.55 Å². The van der Waals surface area contributed by atoms with E-state index in [1.807, 2.05) is 31.4 Å². The van der Waals surface area contributed by atoms with Gasteiger partial charge in [-0.15, -0.1) is 11.3 Å². The minimum Gasteiger partial charge on any atom is -0.298 e. The van der Waals surface area contributed by atoms with Crippen molar-refractivity contribution < 1.29 is 8.42 Å². The number of anilines is 1. The van der Waals surface area contributed by atoms with E-state index in [4.69, 9.17) is 11.6 Å². The Kier molecular flexibility index (Phi) is 5.66. The van der Waals surface area contributed by atoms with Crippen molar-refractivity contribution >= 4 is 48.9 Å². The topological polar surface area (TPSA) is 92.2 Å². The van der Waals surface area contributed by atoms with Crippen LogP contribution in [0.25, 0.3) is 15.9 Å². The number of hydrogen-bond donors (Lipinski definition) is 1. The first-order valence-corrected chi connectivity index (χ1v) is 13.6. The number of benzene rings is 2. The Bertz CT molecular complexity index is 1650. The standard InChI is InChI=1S/C24H22ClN3O4S2/c1-14(2)17-13-33-22-21(17)23(29)28(24(30)26-22)20-12-16(9-10-18(20)25)34(31,32)27-11-5-7-15-6-3-4-8-19(15)27/h3-4,6,8-10,12-14H,5,7,11H2,1-2H3,(H,26,30). The van der Waals surface area contributed by atoms with E-state index in [0.29, 0.717) is 28.9 Å². The zero-order valence-electron chi connectivity index (χ0n) is 18.5. The van der Waals surface area contributed by atoms with Gasteiger partial charge in [0.05, 0.1) is 26.7 Å². The molecule has 0 saturated heterocycles. The summed E-state index contributed by atoms with van der Waals surface area (Å²) in [4.78, 5) is 29.5. The summed E-state index contributed by atoms with van der Waals surface area (Å²) < 4.78 is 29.6. The van der Waals surface area contributed by atoms with Crippen molar-refractivity contribution in [3.05, 3.63) is 84.8 Å². The average Bonchev–Trinajstić information content (AvgIpc) is 3.24. The van der Waals surface area contributed by atoms with E-state index in [9.17, 15) is 18.0 Å². The molecule has 0 atom stereocenters. The van der Waals surface area contributed by atoms with Gasteiger partial charge in [0.2, 0.25) is 0 Å². The zero-order valence-corrected chi connectivity index (χ0v) is 20.9. The van der Waals surface area contributed by atoms with Gasteiger partial charge < -0.3 is 0 Å². The van der Waals surface area contributed by atoms with Crippen LogP contribution in [0.5, 0.6) is 0 Å². The van der Waals surface area contributed by atoms with E-state index in [1.165, 1.54) is 33.8 Å². The minimum absolute atomic E-state index is 0.0297. The summed E-state index contributed by atoms with van der Waals surface area (Å²) >= 11 is 7.69. The molecule has 0 unspecified atom stereocenters. The highest BCUT2D eigenvalue weighted by molar-refractivity contribution is 7.92. The molecule has 2 aromatic heterocycles. The smallest absolute Gasteiger partial charge is 0.298 e. The normalized spacial score (nSPS) is 14.1. The number of aromatic amines is 1. The summed E-state index contributed by atoms with van der Waals surface area (Å²) in [6, 6.07) is 11.5. The summed E-state index contributed by atoms with van der Waals surface area (Å²) in [7, 11) is -3.95. The molecule has 0 fully saturated rings. The van der Waals surface area contributed by atoms with E-state index in [1.54, 1.807) is 12.1 Å². The summed E-state index contributed by atoms with van der Waals surface area (Å²) in [5, 5.41) is 2.37. The van der Waals surface area contributed by atoms with Gasteiger partial charge in [0.25, 0.3) is 15.6 Å². The predicted octanol–water partition coefficient (Wildman–Crippen LogP) is 4.66. The van der Waals surface area contributed by atoms with Gasteiger partial charge in [0, 0.05) is 6.54 Å². The van der Waals surface area contributed by atoms with E-state index in [2.05, 4.69) is 4.98 Å². The third-order valence-corrected chi connectivity index (χ3v) is 9.14. The maximum atomic E-state index is 13.6. The van der Waals surface area contributed by atoms with Crippen LogP contribution < -0.4 is 15.6 Å². The summed E-state index contributed by atoms with van der Waals surface area (Å²) in [6.45, 7) is 4.27. The minimum atomic E-state index is -3.95. The van der Waals surface area contributed by atoms with Gasteiger partial charge in [-0.1, -0.05) is 43.6 Å². The number of nitrogens with zero attached hydrogens (tertiary/aromatic N) is 2. The molecule has 3 heterocycles. The van der Waals surface area contributed by atoms with Crippen molar-refractivity contribution in [2.24, 2.45) is 0 Å². The molecule has 0 bridgehead atoms. The Labute approximate surface area is 205 Å². The maximum absolute atomic E-state index is 13.6. The van der Waals surface area contributed by atoms with E-state index in [-0.39, 0.29) is 21.5 Å². The Morgan fingerprint density at radius 2 is 1.85 bits per heavy atom. The first-order chi connectivity index (χ1) is 16.2. The van der Waals surface area contributed by atoms with E-state index < -0.39 is 21.3 Å². The van der Waals surface area contributed by atoms with Crippen molar-refractivity contribution in [2.45, 2.75) is 37.5 Å². The number of aromatic nitrogens is 2. The second-order valence-corrected chi connectivity index (χ2v) is 11.7. The molecule has 1 aliphatic rings. The number of para-hydroxylation sites is 1. The lowest BCUT2D eigenvalue weighted by atomic mass is 10.0. The first kappa shape index (κ1) is 22.9. The van der Waals surface area contributed by atoms with Crippen LogP contribution in [0.1, 0.15) is 37.3 Å². The van der Waals surface area contributed by atoms with Crippen LogP contribution in [0.3, 0.4) is 0 Å². The molecule has 176 valence electrons. The fourth-order valence-electron chi connectivity index (χ4n) is 4.38. The highest BCUT2D eigenvalue weighted by Gasteiger charge is 2.30. The number of aryl methyl sites for hydroxylation is 1. The number of halogens is 1. The second-order valence-electron chi connectivity index (χ2n) is 8.54. The van der Waals surface area contributed by atoms with Gasteiger partial charge in [-0.3, -0.25) is 14.1 Å². The van der Waals surface area contributed by atoms with Gasteiger partial charge >= 0.3 is 5.69 Å². The molecule has 1 N–H and O–H groups in total. The molecule has 7 nitrogen and oxygen atoms in total. The monoisotopic (exact) mass is 515 g/mol. The number of rotatable bonds is 4. The molecular weight excluding hydrogens is 494 g/mol. The fraction of sp³-hybridized carbons (Fsp3) is 0.250. The first-order valence-electron chi connectivity index (χ1n) is 10.9. The van der Waals surface area contributed by atoms with Crippen LogP contribution in [0.15, 0.2) is 62.3 Å². The lowest BCUT2D eigenvalue weighted by molar-refractivity contribution is 0.586. The third kappa shape index (κ3) is 3.59. The number of sulfonamides is 1. The van der Waals surface area contributed by atoms with Gasteiger partial charge in [-0.2, -0.15) is 0 Å². The zero-order chi connectivity index (χ0) is 24.2. The quantitative estimate of drug-likeness (QED) is 0.428.